The highest BCUT2D eigenvalue weighted by Crippen LogP contribution is 2.20. The highest BCUT2D eigenvalue weighted by molar-refractivity contribution is 7.89. The Labute approximate surface area is 148 Å². The normalized spacial score (nSPS) is 16.1. The molecule has 1 saturated heterocycles. The van der Waals surface area contributed by atoms with E-state index < -0.39 is 10.0 Å². The summed E-state index contributed by atoms with van der Waals surface area (Å²) in [5.41, 5.74) is 0.964. The van der Waals surface area contributed by atoms with Crippen LogP contribution in [0.15, 0.2) is 29.2 Å². The third-order valence-corrected chi connectivity index (χ3v) is 6.29. The van der Waals surface area contributed by atoms with Crippen LogP contribution in [0.5, 0.6) is 0 Å². The molecule has 0 N–H and O–H groups in total. The lowest BCUT2D eigenvalue weighted by molar-refractivity contribution is -0.148. The number of likely N-dealkylation sites (tertiary alicyclic amines) is 1. The maximum absolute atomic E-state index is 12.5. The zero-order valence-electron chi connectivity index (χ0n) is 14.8. The molecule has 0 radical (unpaired) electrons. The maximum Gasteiger partial charge on any atom is 0.308 e. The second-order valence-electron chi connectivity index (χ2n) is 6.25. The first-order chi connectivity index (χ1) is 11.8. The maximum atomic E-state index is 12.5. The van der Waals surface area contributed by atoms with E-state index in [1.165, 1.54) is 26.3 Å². The molecule has 1 fully saturated rings. The number of carbonyl (C=O) groups excluding carboxylic acids is 2. The number of hydrogen-bond acceptors (Lipinski definition) is 5. The van der Waals surface area contributed by atoms with Gasteiger partial charge < -0.3 is 9.64 Å². The molecule has 0 atom stereocenters. The van der Waals surface area contributed by atoms with Crippen molar-refractivity contribution in [3.05, 3.63) is 29.8 Å². The molecule has 0 aromatic heterocycles. The van der Waals surface area contributed by atoms with Gasteiger partial charge in [-0.15, -0.1) is 0 Å². The summed E-state index contributed by atoms with van der Waals surface area (Å²) in [6.07, 6.45) is 1.07. The van der Waals surface area contributed by atoms with E-state index in [0.717, 1.165) is 9.87 Å². The number of aryl methyl sites for hydroxylation is 1. The lowest BCUT2D eigenvalue weighted by Gasteiger charge is -2.31. The molecule has 0 spiro atoms. The van der Waals surface area contributed by atoms with Gasteiger partial charge in [0.25, 0.3) is 0 Å². The summed E-state index contributed by atoms with van der Waals surface area (Å²) in [5.74, 6) is -0.712. The van der Waals surface area contributed by atoms with E-state index in [1.807, 2.05) is 6.92 Å². The van der Waals surface area contributed by atoms with E-state index >= 15 is 0 Å². The van der Waals surface area contributed by atoms with Crippen LogP contribution in [0, 0.1) is 12.8 Å². The number of piperidine rings is 1. The number of hydrogen-bond donors (Lipinski definition) is 0. The van der Waals surface area contributed by atoms with E-state index in [-0.39, 0.29) is 29.2 Å². The summed E-state index contributed by atoms with van der Waals surface area (Å²) in [5, 5.41) is 0. The number of ether oxygens (including phenoxy) is 1. The summed E-state index contributed by atoms with van der Waals surface area (Å²) in [6, 6.07) is 6.52. The first-order valence-corrected chi connectivity index (χ1v) is 9.58. The topological polar surface area (TPSA) is 84.0 Å². The molecule has 0 saturated carbocycles. The largest absolute Gasteiger partial charge is 0.469 e. The van der Waals surface area contributed by atoms with Gasteiger partial charge in [-0.2, -0.15) is 4.31 Å². The predicted octanol–water partition coefficient (Wildman–Crippen LogP) is 1.03. The van der Waals surface area contributed by atoms with Crippen LogP contribution in [-0.2, 0) is 24.3 Å². The SMILES string of the molecule is COC(=O)C1CCN(C(=O)CN(C)S(=O)(=O)c2ccc(C)cc2)CC1. The molecular weight excluding hydrogens is 344 g/mol. The molecule has 0 unspecified atom stereocenters. The summed E-state index contributed by atoms with van der Waals surface area (Å²) in [6.45, 7) is 2.51. The fraction of sp³-hybridized carbons (Fsp3) is 0.529. The van der Waals surface area contributed by atoms with Gasteiger partial charge in [-0.1, -0.05) is 17.7 Å². The molecule has 1 amide bonds. The minimum absolute atomic E-state index is 0.165. The van der Waals surface area contributed by atoms with Gasteiger partial charge in [0.1, 0.15) is 0 Å². The number of rotatable bonds is 5. The van der Waals surface area contributed by atoms with Crippen LogP contribution in [0.2, 0.25) is 0 Å². The van der Waals surface area contributed by atoms with Crippen LogP contribution in [0.1, 0.15) is 18.4 Å². The standard InChI is InChI=1S/C17H24N2O5S/c1-13-4-6-15(7-5-13)25(22,23)18(2)12-16(20)19-10-8-14(9-11-19)17(21)24-3/h4-7,14H,8-12H2,1-3H3. The molecule has 1 aliphatic rings. The average molecular weight is 368 g/mol. The molecule has 7 nitrogen and oxygen atoms in total. The van der Waals surface area contributed by atoms with Crippen molar-refractivity contribution in [1.29, 1.82) is 0 Å². The molecule has 0 aliphatic carbocycles. The number of amides is 1. The Kier molecular flexibility index (Phi) is 6.18. The van der Waals surface area contributed by atoms with E-state index in [9.17, 15) is 18.0 Å². The summed E-state index contributed by atoms with van der Waals surface area (Å²) < 4.78 is 30.9. The molecule has 0 bridgehead atoms. The minimum Gasteiger partial charge on any atom is -0.469 e. The number of methoxy groups -OCH3 is 1. The molecular formula is C17H24N2O5S. The van der Waals surface area contributed by atoms with Crippen LogP contribution in [0.4, 0.5) is 0 Å². The number of nitrogens with zero attached hydrogens (tertiary/aromatic N) is 2. The summed E-state index contributed by atoms with van der Waals surface area (Å²) in [4.78, 5) is 25.7. The van der Waals surface area contributed by atoms with Crippen molar-refractivity contribution in [3.8, 4) is 0 Å². The zero-order chi connectivity index (χ0) is 18.6. The van der Waals surface area contributed by atoms with Gasteiger partial charge in [0, 0.05) is 20.1 Å². The number of benzene rings is 1. The van der Waals surface area contributed by atoms with Crippen molar-refractivity contribution in [2.75, 3.05) is 33.8 Å². The Bertz CT molecular complexity index is 722. The van der Waals surface area contributed by atoms with Gasteiger partial charge in [-0.3, -0.25) is 9.59 Å². The molecule has 1 aromatic carbocycles. The van der Waals surface area contributed by atoms with Crippen LogP contribution < -0.4 is 0 Å². The van der Waals surface area contributed by atoms with Crippen molar-refractivity contribution < 1.29 is 22.7 Å². The lowest BCUT2D eigenvalue weighted by atomic mass is 9.97. The molecule has 138 valence electrons. The smallest absolute Gasteiger partial charge is 0.308 e. The third kappa shape index (κ3) is 4.58. The lowest BCUT2D eigenvalue weighted by Crippen LogP contribution is -2.45. The minimum atomic E-state index is -3.71. The van der Waals surface area contributed by atoms with Crippen LogP contribution in [-0.4, -0.2) is 63.3 Å². The third-order valence-electron chi connectivity index (χ3n) is 4.47. The monoisotopic (exact) mass is 368 g/mol. The van der Waals surface area contributed by atoms with Crippen molar-refractivity contribution in [1.82, 2.24) is 9.21 Å². The van der Waals surface area contributed by atoms with Crippen molar-refractivity contribution >= 4 is 21.9 Å². The highest BCUT2D eigenvalue weighted by Gasteiger charge is 2.30. The summed E-state index contributed by atoms with van der Waals surface area (Å²) in [7, 11) is -0.957. The second kappa shape index (κ2) is 7.97. The van der Waals surface area contributed by atoms with Crippen molar-refractivity contribution in [2.24, 2.45) is 5.92 Å². The van der Waals surface area contributed by atoms with Gasteiger partial charge in [0.05, 0.1) is 24.5 Å². The van der Waals surface area contributed by atoms with E-state index in [2.05, 4.69) is 0 Å². The number of esters is 1. The van der Waals surface area contributed by atoms with Gasteiger partial charge >= 0.3 is 5.97 Å². The van der Waals surface area contributed by atoms with Crippen LogP contribution in [0.3, 0.4) is 0 Å². The molecule has 1 heterocycles. The summed E-state index contributed by atoms with van der Waals surface area (Å²) >= 11 is 0. The van der Waals surface area contributed by atoms with Gasteiger partial charge in [-0.25, -0.2) is 8.42 Å². The first-order valence-electron chi connectivity index (χ1n) is 8.14. The number of sulfonamides is 1. The van der Waals surface area contributed by atoms with Gasteiger partial charge in [0.2, 0.25) is 15.9 Å². The average Bonchev–Trinajstić information content (AvgIpc) is 2.61. The Balaban J connectivity index is 1.96. The van der Waals surface area contributed by atoms with E-state index in [4.69, 9.17) is 4.74 Å². The fourth-order valence-electron chi connectivity index (χ4n) is 2.80. The molecule has 1 aliphatic heterocycles. The highest BCUT2D eigenvalue weighted by atomic mass is 32.2. The number of carbonyl (C=O) groups is 2. The first kappa shape index (κ1) is 19.4. The van der Waals surface area contributed by atoms with Gasteiger partial charge in [0.15, 0.2) is 0 Å². The Morgan fingerprint density at radius 2 is 1.76 bits per heavy atom. The van der Waals surface area contributed by atoms with E-state index in [0.29, 0.717) is 25.9 Å². The van der Waals surface area contributed by atoms with Crippen LogP contribution >= 0.6 is 0 Å². The Hall–Kier alpha value is -1.93. The van der Waals surface area contributed by atoms with E-state index in [1.54, 1.807) is 17.0 Å². The molecule has 2 rings (SSSR count). The second-order valence-corrected chi connectivity index (χ2v) is 8.30. The van der Waals surface area contributed by atoms with Crippen LogP contribution in [0.25, 0.3) is 0 Å². The molecule has 8 heteroatoms. The number of likely N-dealkylation sites (N-methyl/N-ethyl adjacent to an activating group) is 1. The molecule has 25 heavy (non-hydrogen) atoms. The Morgan fingerprint density at radius 1 is 1.20 bits per heavy atom. The quantitative estimate of drug-likeness (QED) is 0.725. The fourth-order valence-corrected chi connectivity index (χ4v) is 3.92. The Morgan fingerprint density at radius 3 is 2.28 bits per heavy atom. The van der Waals surface area contributed by atoms with Crippen molar-refractivity contribution in [3.63, 3.8) is 0 Å². The van der Waals surface area contributed by atoms with Crippen molar-refractivity contribution in [2.45, 2.75) is 24.7 Å². The zero-order valence-corrected chi connectivity index (χ0v) is 15.6. The molecule has 1 aromatic rings. The predicted molar refractivity (Wildman–Crippen MR) is 92.3 cm³/mol. The van der Waals surface area contributed by atoms with Gasteiger partial charge in [-0.05, 0) is 31.9 Å².